The van der Waals surface area contributed by atoms with E-state index < -0.39 is 5.82 Å². The Kier molecular flexibility index (Phi) is 5.04. The maximum Gasteiger partial charge on any atom is 0.259 e. The second-order valence-electron chi connectivity index (χ2n) is 5.56. The van der Waals surface area contributed by atoms with Crippen molar-refractivity contribution in [2.24, 2.45) is 0 Å². The zero-order valence-electron chi connectivity index (χ0n) is 14.0. The number of hydrogen-bond acceptors (Lipinski definition) is 5. The quantitative estimate of drug-likeness (QED) is 0.730. The maximum absolute atomic E-state index is 14.3. The Hall–Kier alpha value is -3.13. The molecule has 2 heterocycles. The van der Waals surface area contributed by atoms with Crippen molar-refractivity contribution < 1.29 is 14.0 Å². The lowest BCUT2D eigenvalue weighted by Crippen LogP contribution is -2.12. The molecule has 0 saturated heterocycles. The number of halogens is 1. The van der Waals surface area contributed by atoms with Gasteiger partial charge in [0.25, 0.3) is 5.91 Å². The molecule has 1 aromatic carbocycles. The fourth-order valence-electron chi connectivity index (χ4n) is 2.23. The number of aryl methyl sites for hydroxylation is 1. The van der Waals surface area contributed by atoms with E-state index in [1.165, 1.54) is 36.6 Å². The molecule has 0 spiro atoms. The molecule has 0 atom stereocenters. The smallest absolute Gasteiger partial charge is 0.259 e. The van der Waals surface area contributed by atoms with Crippen molar-refractivity contribution in [1.82, 2.24) is 9.97 Å². The summed E-state index contributed by atoms with van der Waals surface area (Å²) in [5.41, 5.74) is 2.29. The molecule has 2 amide bonds. The van der Waals surface area contributed by atoms with Gasteiger partial charge in [-0.05, 0) is 37.3 Å². The highest BCUT2D eigenvalue weighted by molar-refractivity contribution is 7.14. The van der Waals surface area contributed by atoms with Gasteiger partial charge in [-0.1, -0.05) is 0 Å². The number of nitrogens with one attached hydrogen (secondary N) is 2. The number of aromatic nitrogens is 2. The normalized spacial score (nSPS) is 10.4. The van der Waals surface area contributed by atoms with Gasteiger partial charge in [0, 0.05) is 35.4 Å². The van der Waals surface area contributed by atoms with E-state index in [-0.39, 0.29) is 17.4 Å². The Morgan fingerprint density at radius 3 is 2.62 bits per heavy atom. The predicted octanol–water partition coefficient (Wildman–Crippen LogP) is 3.86. The predicted molar refractivity (Wildman–Crippen MR) is 98.7 cm³/mol. The average molecular weight is 370 g/mol. The first-order valence-corrected chi connectivity index (χ1v) is 8.57. The van der Waals surface area contributed by atoms with Crippen LogP contribution in [0.5, 0.6) is 0 Å². The lowest BCUT2D eigenvalue weighted by Gasteiger charge is -2.05. The van der Waals surface area contributed by atoms with Gasteiger partial charge in [0.1, 0.15) is 5.82 Å². The average Bonchev–Trinajstić information content (AvgIpc) is 3.03. The van der Waals surface area contributed by atoms with Crippen LogP contribution in [-0.2, 0) is 4.79 Å². The van der Waals surface area contributed by atoms with Gasteiger partial charge in [-0.3, -0.25) is 19.9 Å². The van der Waals surface area contributed by atoms with Crippen LogP contribution in [0.15, 0.2) is 41.9 Å². The largest absolute Gasteiger partial charge is 0.326 e. The third kappa shape index (κ3) is 4.09. The van der Waals surface area contributed by atoms with E-state index in [0.29, 0.717) is 22.1 Å². The highest BCUT2D eigenvalue weighted by Crippen LogP contribution is 2.28. The minimum Gasteiger partial charge on any atom is -0.326 e. The number of hydrogen-bond donors (Lipinski definition) is 2. The number of anilines is 2. The summed E-state index contributed by atoms with van der Waals surface area (Å²) in [6, 6.07) is 7.77. The van der Waals surface area contributed by atoms with Crippen LogP contribution in [0.1, 0.15) is 23.0 Å². The zero-order valence-corrected chi connectivity index (χ0v) is 14.9. The molecule has 3 aromatic rings. The first-order valence-electron chi connectivity index (χ1n) is 7.69. The molecule has 6 nitrogen and oxygen atoms in total. The van der Waals surface area contributed by atoms with Crippen molar-refractivity contribution in [3.05, 3.63) is 59.0 Å². The highest BCUT2D eigenvalue weighted by Gasteiger charge is 2.13. The molecule has 0 aliphatic rings. The number of carbonyl (C=O) groups is 2. The number of amides is 2. The van der Waals surface area contributed by atoms with E-state index in [1.54, 1.807) is 23.6 Å². The lowest BCUT2D eigenvalue weighted by molar-refractivity contribution is -0.114. The first-order chi connectivity index (χ1) is 12.4. The zero-order chi connectivity index (χ0) is 18.7. The van der Waals surface area contributed by atoms with Crippen LogP contribution in [0.25, 0.3) is 11.3 Å². The molecule has 0 aliphatic heterocycles. The van der Waals surface area contributed by atoms with E-state index in [0.717, 1.165) is 5.69 Å². The van der Waals surface area contributed by atoms with Crippen molar-refractivity contribution in [1.29, 1.82) is 0 Å². The lowest BCUT2D eigenvalue weighted by atomic mass is 10.1. The first kappa shape index (κ1) is 17.7. The molecule has 0 unspecified atom stereocenters. The third-order valence-electron chi connectivity index (χ3n) is 3.46. The summed E-state index contributed by atoms with van der Waals surface area (Å²) < 4.78 is 14.3. The van der Waals surface area contributed by atoms with Crippen LogP contribution in [0, 0.1) is 12.7 Å². The van der Waals surface area contributed by atoms with Crippen molar-refractivity contribution >= 4 is 34.0 Å². The molecule has 0 saturated carbocycles. The van der Waals surface area contributed by atoms with Gasteiger partial charge in [0.2, 0.25) is 5.91 Å². The summed E-state index contributed by atoms with van der Waals surface area (Å²) in [5, 5.41) is 7.20. The van der Waals surface area contributed by atoms with Crippen LogP contribution in [0.3, 0.4) is 0 Å². The minimum absolute atomic E-state index is 0.276. The second kappa shape index (κ2) is 7.40. The molecule has 0 bridgehead atoms. The molecule has 3 rings (SSSR count). The standard InChI is InChI=1S/C18H15FN4O2S/c1-10-3-4-12(8-20-10)17(25)23-18-22-16(9-26-18)14-6-5-13(7-15(14)19)21-11(2)24/h3-9H,1-2H3,(H,21,24)(H,22,23,25). The van der Waals surface area contributed by atoms with Gasteiger partial charge in [-0.25, -0.2) is 9.37 Å². The summed E-state index contributed by atoms with van der Waals surface area (Å²) in [4.78, 5) is 31.6. The van der Waals surface area contributed by atoms with E-state index >= 15 is 0 Å². The molecule has 132 valence electrons. The molecular formula is C18H15FN4O2S. The third-order valence-corrected chi connectivity index (χ3v) is 4.22. The minimum atomic E-state index is -0.512. The van der Waals surface area contributed by atoms with Crippen LogP contribution >= 0.6 is 11.3 Å². The van der Waals surface area contributed by atoms with Crippen LogP contribution in [0.2, 0.25) is 0 Å². The van der Waals surface area contributed by atoms with Gasteiger partial charge in [0.05, 0.1) is 11.3 Å². The van der Waals surface area contributed by atoms with Crippen molar-refractivity contribution in [3.63, 3.8) is 0 Å². The summed E-state index contributed by atoms with van der Waals surface area (Å²) in [7, 11) is 0. The molecule has 2 N–H and O–H groups in total. The monoisotopic (exact) mass is 370 g/mol. The number of rotatable bonds is 4. The van der Waals surface area contributed by atoms with Crippen LogP contribution in [-0.4, -0.2) is 21.8 Å². The number of thiazole rings is 1. The molecule has 0 radical (unpaired) electrons. The van der Waals surface area contributed by atoms with Gasteiger partial charge < -0.3 is 5.32 Å². The van der Waals surface area contributed by atoms with Crippen molar-refractivity contribution in [2.75, 3.05) is 10.6 Å². The Balaban J connectivity index is 1.76. The number of benzene rings is 1. The van der Waals surface area contributed by atoms with Gasteiger partial charge in [-0.15, -0.1) is 11.3 Å². The van der Waals surface area contributed by atoms with E-state index in [2.05, 4.69) is 20.6 Å². The molecule has 0 fully saturated rings. The fraction of sp³-hybridized carbons (Fsp3) is 0.111. The molecular weight excluding hydrogens is 355 g/mol. The molecule has 2 aromatic heterocycles. The molecule has 0 aliphatic carbocycles. The topological polar surface area (TPSA) is 84.0 Å². The summed E-state index contributed by atoms with van der Waals surface area (Å²) in [6.45, 7) is 3.19. The Morgan fingerprint density at radius 2 is 1.96 bits per heavy atom. The van der Waals surface area contributed by atoms with Crippen LogP contribution < -0.4 is 10.6 Å². The van der Waals surface area contributed by atoms with E-state index in [9.17, 15) is 14.0 Å². The second-order valence-corrected chi connectivity index (χ2v) is 6.41. The van der Waals surface area contributed by atoms with Crippen molar-refractivity contribution in [2.45, 2.75) is 13.8 Å². The van der Waals surface area contributed by atoms with Gasteiger partial charge in [0.15, 0.2) is 5.13 Å². The number of carbonyl (C=O) groups excluding carboxylic acids is 2. The number of nitrogens with zero attached hydrogens (tertiary/aromatic N) is 2. The highest BCUT2D eigenvalue weighted by atomic mass is 32.1. The van der Waals surface area contributed by atoms with E-state index in [4.69, 9.17) is 0 Å². The van der Waals surface area contributed by atoms with Gasteiger partial charge in [-0.2, -0.15) is 0 Å². The Morgan fingerprint density at radius 1 is 1.15 bits per heavy atom. The summed E-state index contributed by atoms with van der Waals surface area (Å²) in [5.74, 6) is -1.12. The maximum atomic E-state index is 14.3. The van der Waals surface area contributed by atoms with Crippen molar-refractivity contribution in [3.8, 4) is 11.3 Å². The Labute approximate surface area is 153 Å². The molecule has 26 heavy (non-hydrogen) atoms. The van der Waals surface area contributed by atoms with Gasteiger partial charge >= 0.3 is 0 Å². The summed E-state index contributed by atoms with van der Waals surface area (Å²) >= 11 is 1.19. The fourth-order valence-corrected chi connectivity index (χ4v) is 2.94. The van der Waals surface area contributed by atoms with E-state index in [1.807, 2.05) is 6.92 Å². The SMILES string of the molecule is CC(=O)Nc1ccc(-c2csc(NC(=O)c3ccc(C)nc3)n2)c(F)c1. The molecule has 8 heteroatoms. The summed E-state index contributed by atoms with van der Waals surface area (Å²) in [6.07, 6.45) is 1.49. The van der Waals surface area contributed by atoms with Crippen LogP contribution in [0.4, 0.5) is 15.2 Å². The Bertz CT molecular complexity index is 970. The number of pyridine rings is 1.